The van der Waals surface area contributed by atoms with Crippen LogP contribution in [0.2, 0.25) is 0 Å². The molecule has 1 amide bonds. The third-order valence-electron chi connectivity index (χ3n) is 3.41. The second-order valence-corrected chi connectivity index (χ2v) is 5.15. The Morgan fingerprint density at radius 3 is 2.83 bits per heavy atom. The molecule has 0 aliphatic carbocycles. The molecule has 6 nitrogen and oxygen atoms in total. The quantitative estimate of drug-likeness (QED) is 0.729. The summed E-state index contributed by atoms with van der Waals surface area (Å²) in [4.78, 5) is 12.1. The van der Waals surface area contributed by atoms with Crippen LogP contribution in [0, 0.1) is 0 Å². The van der Waals surface area contributed by atoms with Gasteiger partial charge in [-0.3, -0.25) is 9.48 Å². The molecule has 3 rings (SSSR count). The summed E-state index contributed by atoms with van der Waals surface area (Å²) in [6.07, 6.45) is 3.81. The van der Waals surface area contributed by atoms with Gasteiger partial charge in [0.25, 0.3) is 5.91 Å². The number of nitrogens with zero attached hydrogens (tertiary/aromatic N) is 2. The minimum Gasteiger partial charge on any atom is -0.467 e. The number of aliphatic hydroxyl groups excluding tert-OH is 1. The lowest BCUT2D eigenvalue weighted by atomic mass is 10.2. The highest BCUT2D eigenvalue weighted by molar-refractivity contribution is 5.93. The first-order valence-corrected chi connectivity index (χ1v) is 7.28. The van der Waals surface area contributed by atoms with Crippen molar-refractivity contribution < 1.29 is 14.3 Å². The number of furan rings is 1. The standard InChI is InChI=1S/C17H17N3O3/c21-15(16-7-4-8-23-16)10-18-17(22)14-9-19-20(12-14)11-13-5-2-1-3-6-13/h1-9,12,15,21H,10-11H2,(H,18,22). The van der Waals surface area contributed by atoms with Crippen LogP contribution in [0.15, 0.2) is 65.5 Å². The molecule has 23 heavy (non-hydrogen) atoms. The second kappa shape index (κ2) is 6.93. The number of hydrogen-bond acceptors (Lipinski definition) is 4. The SMILES string of the molecule is O=C(NCC(O)c1ccco1)c1cnn(Cc2ccccc2)c1. The smallest absolute Gasteiger partial charge is 0.254 e. The summed E-state index contributed by atoms with van der Waals surface area (Å²) in [7, 11) is 0. The van der Waals surface area contributed by atoms with Crippen LogP contribution in [-0.4, -0.2) is 27.3 Å². The molecule has 2 N–H and O–H groups in total. The van der Waals surface area contributed by atoms with Crippen molar-refractivity contribution in [1.29, 1.82) is 0 Å². The van der Waals surface area contributed by atoms with E-state index in [9.17, 15) is 9.90 Å². The van der Waals surface area contributed by atoms with Gasteiger partial charge < -0.3 is 14.8 Å². The highest BCUT2D eigenvalue weighted by Gasteiger charge is 2.14. The van der Waals surface area contributed by atoms with Crippen LogP contribution in [0.5, 0.6) is 0 Å². The molecule has 0 fully saturated rings. The fourth-order valence-corrected chi connectivity index (χ4v) is 2.21. The van der Waals surface area contributed by atoms with Gasteiger partial charge in [-0.15, -0.1) is 0 Å². The molecule has 6 heteroatoms. The molecule has 2 aromatic heterocycles. The van der Waals surface area contributed by atoms with Crippen molar-refractivity contribution in [2.24, 2.45) is 0 Å². The molecule has 0 saturated carbocycles. The van der Waals surface area contributed by atoms with Gasteiger partial charge in [0.2, 0.25) is 0 Å². The number of carbonyl (C=O) groups is 1. The summed E-state index contributed by atoms with van der Waals surface area (Å²) in [6.45, 7) is 0.680. The Labute approximate surface area is 133 Å². The van der Waals surface area contributed by atoms with Gasteiger partial charge in [-0.1, -0.05) is 30.3 Å². The van der Waals surface area contributed by atoms with E-state index < -0.39 is 6.10 Å². The van der Waals surface area contributed by atoms with Crippen molar-refractivity contribution in [2.45, 2.75) is 12.6 Å². The normalized spacial score (nSPS) is 12.0. The Morgan fingerprint density at radius 1 is 1.26 bits per heavy atom. The lowest BCUT2D eigenvalue weighted by Gasteiger charge is -2.08. The van der Waals surface area contributed by atoms with Crippen LogP contribution in [0.1, 0.15) is 27.8 Å². The van der Waals surface area contributed by atoms with Gasteiger partial charge in [0.1, 0.15) is 11.9 Å². The van der Waals surface area contributed by atoms with Gasteiger partial charge >= 0.3 is 0 Å². The topological polar surface area (TPSA) is 80.3 Å². The van der Waals surface area contributed by atoms with E-state index in [1.807, 2.05) is 30.3 Å². The third-order valence-corrected chi connectivity index (χ3v) is 3.41. The van der Waals surface area contributed by atoms with Gasteiger partial charge in [0, 0.05) is 6.20 Å². The minimum absolute atomic E-state index is 0.0796. The average molecular weight is 311 g/mol. The molecule has 0 aliphatic rings. The number of aliphatic hydroxyl groups is 1. The number of rotatable bonds is 6. The Balaban J connectivity index is 1.56. The lowest BCUT2D eigenvalue weighted by Crippen LogP contribution is -2.28. The minimum atomic E-state index is -0.867. The first-order valence-electron chi connectivity index (χ1n) is 7.28. The summed E-state index contributed by atoms with van der Waals surface area (Å²) >= 11 is 0. The summed E-state index contributed by atoms with van der Waals surface area (Å²) < 4.78 is 6.79. The van der Waals surface area contributed by atoms with Gasteiger partial charge in [-0.2, -0.15) is 5.10 Å². The highest BCUT2D eigenvalue weighted by atomic mass is 16.4. The van der Waals surface area contributed by atoms with Gasteiger partial charge in [0.05, 0.1) is 31.1 Å². The molecule has 0 aliphatic heterocycles. The van der Waals surface area contributed by atoms with Crippen molar-refractivity contribution in [3.05, 3.63) is 78.0 Å². The molecule has 0 radical (unpaired) electrons. The Morgan fingerprint density at radius 2 is 2.09 bits per heavy atom. The van der Waals surface area contributed by atoms with Crippen molar-refractivity contribution in [2.75, 3.05) is 6.54 Å². The number of hydrogen-bond donors (Lipinski definition) is 2. The van der Waals surface area contributed by atoms with Crippen LogP contribution in [0.4, 0.5) is 0 Å². The van der Waals surface area contributed by atoms with Crippen molar-refractivity contribution in [1.82, 2.24) is 15.1 Å². The molecule has 1 unspecified atom stereocenters. The van der Waals surface area contributed by atoms with E-state index >= 15 is 0 Å². The predicted octanol–water partition coefficient (Wildman–Crippen LogP) is 1.99. The zero-order valence-corrected chi connectivity index (χ0v) is 12.4. The van der Waals surface area contributed by atoms with E-state index in [-0.39, 0.29) is 12.5 Å². The van der Waals surface area contributed by atoms with E-state index in [0.717, 1.165) is 5.56 Å². The van der Waals surface area contributed by atoms with Crippen LogP contribution >= 0.6 is 0 Å². The van der Waals surface area contributed by atoms with E-state index in [0.29, 0.717) is 17.9 Å². The van der Waals surface area contributed by atoms with Crippen LogP contribution in [0.25, 0.3) is 0 Å². The molecular weight excluding hydrogens is 294 g/mol. The number of amides is 1. The van der Waals surface area contributed by atoms with Crippen LogP contribution < -0.4 is 5.32 Å². The second-order valence-electron chi connectivity index (χ2n) is 5.15. The fourth-order valence-electron chi connectivity index (χ4n) is 2.21. The maximum atomic E-state index is 12.1. The summed E-state index contributed by atoms with van der Waals surface area (Å²) in [5.41, 5.74) is 1.56. The zero-order valence-electron chi connectivity index (χ0n) is 12.4. The van der Waals surface area contributed by atoms with Crippen molar-refractivity contribution in [3.63, 3.8) is 0 Å². The maximum absolute atomic E-state index is 12.1. The molecule has 2 heterocycles. The Hall–Kier alpha value is -2.86. The van der Waals surface area contributed by atoms with Gasteiger partial charge in [-0.25, -0.2) is 0 Å². The monoisotopic (exact) mass is 311 g/mol. The molecule has 118 valence electrons. The van der Waals surface area contributed by atoms with Gasteiger partial charge in [-0.05, 0) is 17.7 Å². The molecule has 0 bridgehead atoms. The van der Waals surface area contributed by atoms with Crippen LogP contribution in [0.3, 0.4) is 0 Å². The Bertz CT molecular complexity index is 751. The molecule has 0 spiro atoms. The molecule has 0 saturated heterocycles. The molecule has 1 aromatic carbocycles. The van der Waals surface area contributed by atoms with Gasteiger partial charge in [0.15, 0.2) is 0 Å². The first-order chi connectivity index (χ1) is 11.2. The number of aromatic nitrogens is 2. The maximum Gasteiger partial charge on any atom is 0.254 e. The Kier molecular flexibility index (Phi) is 4.54. The largest absolute Gasteiger partial charge is 0.467 e. The van der Waals surface area contributed by atoms with E-state index in [1.165, 1.54) is 12.5 Å². The number of benzene rings is 1. The third kappa shape index (κ3) is 3.87. The van der Waals surface area contributed by atoms with E-state index in [2.05, 4.69) is 10.4 Å². The summed E-state index contributed by atoms with van der Waals surface area (Å²) in [6, 6.07) is 13.2. The molecule has 1 atom stereocenters. The molecule has 3 aromatic rings. The molecular formula is C17H17N3O3. The zero-order chi connectivity index (χ0) is 16.1. The lowest BCUT2D eigenvalue weighted by molar-refractivity contribution is 0.0901. The average Bonchev–Trinajstić information content (AvgIpc) is 3.25. The summed E-state index contributed by atoms with van der Waals surface area (Å²) in [5, 5.41) is 16.7. The van der Waals surface area contributed by atoms with E-state index in [1.54, 1.807) is 23.0 Å². The number of nitrogens with one attached hydrogen (secondary N) is 1. The predicted molar refractivity (Wildman–Crippen MR) is 83.8 cm³/mol. The number of carbonyl (C=O) groups excluding carboxylic acids is 1. The fraction of sp³-hybridized carbons (Fsp3) is 0.176. The highest BCUT2D eigenvalue weighted by Crippen LogP contribution is 2.12. The van der Waals surface area contributed by atoms with Crippen molar-refractivity contribution >= 4 is 5.91 Å². The van der Waals surface area contributed by atoms with Crippen molar-refractivity contribution in [3.8, 4) is 0 Å². The first kappa shape index (κ1) is 15.1. The van der Waals surface area contributed by atoms with E-state index in [4.69, 9.17) is 4.42 Å². The van der Waals surface area contributed by atoms with Crippen LogP contribution in [-0.2, 0) is 6.54 Å². The summed E-state index contributed by atoms with van der Waals surface area (Å²) in [5.74, 6) is 0.139.